The molecule has 0 unspecified atom stereocenters. The van der Waals surface area contributed by atoms with Crippen LogP contribution in [0.2, 0.25) is 0 Å². The van der Waals surface area contributed by atoms with Gasteiger partial charge in [-0.15, -0.1) is 0 Å². The molecule has 0 amide bonds. The van der Waals surface area contributed by atoms with Crippen LogP contribution in [0, 0.1) is 0 Å². The van der Waals surface area contributed by atoms with E-state index in [0.717, 1.165) is 9.38 Å². The number of anilines is 1. The normalized spacial score (nSPS) is 11.0. The molecule has 6 heteroatoms. The summed E-state index contributed by atoms with van der Waals surface area (Å²) in [5, 5.41) is 0. The molecule has 1 heterocycles. The van der Waals surface area contributed by atoms with Gasteiger partial charge in [0.15, 0.2) is 0 Å². The molecule has 0 saturated carbocycles. The second-order valence-corrected chi connectivity index (χ2v) is 6.50. The average molecular weight is 376 g/mol. The Morgan fingerprint density at radius 2 is 2.25 bits per heavy atom. The molecular weight excluding hydrogens is 369 g/mol. The van der Waals surface area contributed by atoms with Gasteiger partial charge in [-0.2, -0.15) is 0 Å². The van der Waals surface area contributed by atoms with Crippen LogP contribution in [-0.4, -0.2) is 45.4 Å². The summed E-state index contributed by atoms with van der Waals surface area (Å²) in [6.45, 7) is 0. The van der Waals surface area contributed by atoms with E-state index in [1.807, 2.05) is 6.07 Å². The standard InChI is InChI=1S/C6H7N2O2S.Tl/c1-11(9,10)8-6-3-2-4-7-5-6;/h2,4-5,8H,1H3;. The summed E-state index contributed by atoms with van der Waals surface area (Å²) < 4.78 is 25.1. The zero-order chi connectivity index (χ0) is 9.19. The topological polar surface area (TPSA) is 59.1 Å². The number of nitrogens with zero attached hydrogens (tertiary/aromatic N) is 1. The molecule has 62 valence electrons. The van der Waals surface area contributed by atoms with Crippen LogP contribution in [-0.2, 0) is 10.0 Å². The van der Waals surface area contributed by atoms with E-state index >= 15 is 0 Å². The van der Waals surface area contributed by atoms with Gasteiger partial charge in [0.1, 0.15) is 0 Å². The monoisotopic (exact) mass is 376 g/mol. The molecule has 0 aliphatic carbocycles. The third-order valence-electron chi connectivity index (χ3n) is 1.15. The van der Waals surface area contributed by atoms with E-state index in [1.165, 1.54) is 6.20 Å². The molecule has 0 aromatic carbocycles. The molecule has 1 aromatic rings. The van der Waals surface area contributed by atoms with E-state index in [2.05, 4.69) is 9.71 Å². The molecule has 0 spiro atoms. The molecule has 12 heavy (non-hydrogen) atoms. The van der Waals surface area contributed by atoms with Gasteiger partial charge in [0, 0.05) is 0 Å². The third kappa shape index (κ3) is 3.05. The second kappa shape index (κ2) is 3.69. The van der Waals surface area contributed by atoms with E-state index in [-0.39, 0.29) is 0 Å². The number of aromatic nitrogens is 1. The summed E-state index contributed by atoms with van der Waals surface area (Å²) in [6.07, 6.45) is 4.31. The first-order valence-electron chi connectivity index (χ1n) is 3.16. The first-order chi connectivity index (χ1) is 5.49. The van der Waals surface area contributed by atoms with Crippen molar-refractivity contribution >= 4 is 44.6 Å². The fourth-order valence-corrected chi connectivity index (χ4v) is 2.57. The maximum absolute atomic E-state index is 10.8. The minimum absolute atomic E-state index is 0.599. The average Bonchev–Trinajstić information content (AvgIpc) is 1.91. The molecular formula is C6H7N2O2STl. The van der Waals surface area contributed by atoms with Gasteiger partial charge in [-0.25, -0.2) is 0 Å². The molecule has 0 bridgehead atoms. The Kier molecular flexibility index (Phi) is 3.05. The summed E-state index contributed by atoms with van der Waals surface area (Å²) in [7, 11) is -3.16. The number of sulfonamides is 1. The summed E-state index contributed by atoms with van der Waals surface area (Å²) in [5.74, 6) is 0. The van der Waals surface area contributed by atoms with Crippen molar-refractivity contribution in [3.05, 3.63) is 18.5 Å². The van der Waals surface area contributed by atoms with Crippen LogP contribution in [0.15, 0.2) is 18.5 Å². The van der Waals surface area contributed by atoms with Crippen LogP contribution in [0.3, 0.4) is 0 Å². The zero-order valence-corrected chi connectivity index (χ0v) is 11.8. The minimum atomic E-state index is -3.16. The molecule has 4 nitrogen and oxygen atoms in total. The Balaban J connectivity index is 2.98. The Bertz CT molecular complexity index is 377. The fourth-order valence-electron chi connectivity index (χ4n) is 0.690. The van der Waals surface area contributed by atoms with Crippen LogP contribution < -0.4 is 7.84 Å². The quantitative estimate of drug-likeness (QED) is 0.692. The maximum atomic E-state index is 10.8. The summed E-state index contributed by atoms with van der Waals surface area (Å²) in [4.78, 5) is 3.83. The van der Waals surface area contributed by atoms with Gasteiger partial charge in [-0.3, -0.25) is 0 Å². The molecule has 0 atom stereocenters. The molecule has 0 aliphatic heterocycles. The first kappa shape index (κ1) is 9.91. The van der Waals surface area contributed by atoms with Crippen molar-refractivity contribution in [1.29, 1.82) is 0 Å². The Morgan fingerprint density at radius 3 is 2.75 bits per heavy atom. The molecule has 1 rings (SSSR count). The van der Waals surface area contributed by atoms with Gasteiger partial charge in [0.05, 0.1) is 0 Å². The summed E-state index contributed by atoms with van der Waals surface area (Å²) in [5.41, 5.74) is 0.602. The number of rotatable bonds is 2. The van der Waals surface area contributed by atoms with Gasteiger partial charge in [0.25, 0.3) is 0 Å². The van der Waals surface area contributed by atoms with Crippen molar-refractivity contribution in [2.75, 3.05) is 11.0 Å². The zero-order valence-electron chi connectivity index (χ0n) is 6.48. The van der Waals surface area contributed by atoms with E-state index in [4.69, 9.17) is 0 Å². The van der Waals surface area contributed by atoms with Crippen molar-refractivity contribution in [3.63, 3.8) is 0 Å². The molecule has 0 aliphatic rings. The van der Waals surface area contributed by atoms with E-state index in [9.17, 15) is 8.42 Å². The summed E-state index contributed by atoms with van der Waals surface area (Å²) >= 11 is 0.599. The van der Waals surface area contributed by atoms with Crippen molar-refractivity contribution in [2.45, 2.75) is 0 Å². The molecule has 1 aromatic heterocycles. The number of hydrogen-bond acceptors (Lipinski definition) is 3. The van der Waals surface area contributed by atoms with Gasteiger partial charge in [0.2, 0.25) is 0 Å². The van der Waals surface area contributed by atoms with Crippen LogP contribution in [0.5, 0.6) is 0 Å². The van der Waals surface area contributed by atoms with Crippen LogP contribution in [0.4, 0.5) is 5.69 Å². The number of hydrogen-bond donors (Lipinski definition) is 1. The van der Waals surface area contributed by atoms with Crippen molar-refractivity contribution in [3.8, 4) is 0 Å². The molecule has 0 saturated heterocycles. The Hall–Kier alpha value is -0.178. The van der Waals surface area contributed by atoms with E-state index < -0.39 is 10.0 Å². The van der Waals surface area contributed by atoms with Gasteiger partial charge >= 0.3 is 87.4 Å². The third-order valence-corrected chi connectivity index (χ3v) is 3.70. The van der Waals surface area contributed by atoms with Gasteiger partial charge in [-0.05, 0) is 0 Å². The predicted octanol–water partition coefficient (Wildman–Crippen LogP) is -0.753. The SMILES string of the molecule is CS(=O)(=O)Nc1cncc[c]1[Tl]. The van der Waals surface area contributed by atoms with Crippen LogP contribution >= 0.6 is 0 Å². The van der Waals surface area contributed by atoms with Crippen LogP contribution in [0.1, 0.15) is 0 Å². The number of nitrogens with one attached hydrogen (secondary N) is 1. The van der Waals surface area contributed by atoms with Gasteiger partial charge in [-0.1, -0.05) is 0 Å². The Morgan fingerprint density at radius 1 is 1.58 bits per heavy atom. The first-order valence-corrected chi connectivity index (χ1v) is 7.30. The van der Waals surface area contributed by atoms with E-state index in [0.29, 0.717) is 31.5 Å². The van der Waals surface area contributed by atoms with Gasteiger partial charge < -0.3 is 0 Å². The van der Waals surface area contributed by atoms with Crippen LogP contribution in [0.25, 0.3) is 0 Å². The number of pyridine rings is 1. The second-order valence-electron chi connectivity index (χ2n) is 2.34. The Labute approximate surface area is 87.1 Å². The fraction of sp³-hybridized carbons (Fsp3) is 0.167. The molecule has 0 radical (unpaired) electrons. The molecule has 0 fully saturated rings. The van der Waals surface area contributed by atoms with E-state index in [1.54, 1.807) is 6.20 Å². The molecule has 1 N–H and O–H groups in total. The predicted molar refractivity (Wildman–Crippen MR) is 48.1 cm³/mol. The van der Waals surface area contributed by atoms with Crippen molar-refractivity contribution < 1.29 is 8.42 Å². The van der Waals surface area contributed by atoms with Crippen molar-refractivity contribution in [2.24, 2.45) is 0 Å². The summed E-state index contributed by atoms with van der Waals surface area (Å²) in [6, 6.07) is 1.82. The van der Waals surface area contributed by atoms with Crippen molar-refractivity contribution in [1.82, 2.24) is 4.98 Å².